The van der Waals surface area contributed by atoms with E-state index in [0.717, 1.165) is 28.4 Å². The zero-order valence-electron chi connectivity index (χ0n) is 16.7. The molecule has 1 fully saturated rings. The maximum Gasteiger partial charge on any atom is 0.317 e. The third kappa shape index (κ3) is 4.96. The maximum atomic E-state index is 13.9. The van der Waals surface area contributed by atoms with Crippen molar-refractivity contribution >= 4 is 16.1 Å². The van der Waals surface area contributed by atoms with Crippen molar-refractivity contribution in [1.82, 2.24) is 14.5 Å². The van der Waals surface area contributed by atoms with E-state index < -0.39 is 26.6 Å². The number of carbonyl (C=O) groups excluding carboxylic acids is 1. The molecule has 1 heterocycles. The van der Waals surface area contributed by atoms with E-state index in [9.17, 15) is 22.0 Å². The van der Waals surface area contributed by atoms with Crippen LogP contribution in [0.1, 0.15) is 24.8 Å². The van der Waals surface area contributed by atoms with Crippen LogP contribution >= 0.6 is 0 Å². The number of nitrogens with one attached hydrogen (secondary N) is 1. The highest BCUT2D eigenvalue weighted by Crippen LogP contribution is 2.22. The summed E-state index contributed by atoms with van der Waals surface area (Å²) in [6.45, 7) is 2.91. The molecule has 6 nitrogen and oxygen atoms in total. The minimum atomic E-state index is -4.17. The van der Waals surface area contributed by atoms with Gasteiger partial charge in [0.2, 0.25) is 10.0 Å². The van der Waals surface area contributed by atoms with Gasteiger partial charge in [-0.05, 0) is 30.2 Å². The van der Waals surface area contributed by atoms with Crippen molar-refractivity contribution in [2.24, 2.45) is 0 Å². The number of carbonyl (C=O) groups is 1. The number of urea groups is 1. The summed E-state index contributed by atoms with van der Waals surface area (Å²) in [5.74, 6) is -1.63. The highest BCUT2D eigenvalue weighted by atomic mass is 32.2. The van der Waals surface area contributed by atoms with Gasteiger partial charge in [-0.3, -0.25) is 0 Å². The van der Waals surface area contributed by atoms with Crippen molar-refractivity contribution in [3.05, 3.63) is 65.7 Å². The van der Waals surface area contributed by atoms with Crippen molar-refractivity contribution in [2.75, 3.05) is 32.7 Å². The van der Waals surface area contributed by atoms with E-state index in [0.29, 0.717) is 12.6 Å². The van der Waals surface area contributed by atoms with Crippen molar-refractivity contribution in [2.45, 2.75) is 24.2 Å². The summed E-state index contributed by atoms with van der Waals surface area (Å²) in [5.41, 5.74) is 1.15. The fourth-order valence-corrected chi connectivity index (χ4v) is 4.99. The second kappa shape index (κ2) is 9.53. The van der Waals surface area contributed by atoms with Gasteiger partial charge in [0.15, 0.2) is 0 Å². The molecule has 162 valence electrons. The molecule has 1 atom stereocenters. The second-order valence-corrected chi connectivity index (χ2v) is 9.07. The van der Waals surface area contributed by atoms with Crippen molar-refractivity contribution in [3.63, 3.8) is 0 Å². The first-order chi connectivity index (χ1) is 14.3. The SMILES string of the molecule is CC[C@@H](CNC(=O)N1CCN(S(=O)(=O)c2cc(F)ccc2F)CC1)c1ccccc1. The van der Waals surface area contributed by atoms with E-state index >= 15 is 0 Å². The molecule has 9 heteroatoms. The summed E-state index contributed by atoms with van der Waals surface area (Å²) >= 11 is 0. The van der Waals surface area contributed by atoms with Crippen LogP contribution in [0.3, 0.4) is 0 Å². The fraction of sp³-hybridized carbons (Fsp3) is 0.381. The van der Waals surface area contributed by atoms with E-state index in [4.69, 9.17) is 0 Å². The Morgan fingerprint density at radius 2 is 1.73 bits per heavy atom. The van der Waals surface area contributed by atoms with Crippen LogP contribution in [0.2, 0.25) is 0 Å². The molecule has 1 saturated heterocycles. The van der Waals surface area contributed by atoms with Gasteiger partial charge in [0.1, 0.15) is 16.5 Å². The second-order valence-electron chi connectivity index (χ2n) is 7.17. The van der Waals surface area contributed by atoms with Crippen LogP contribution in [0, 0.1) is 11.6 Å². The zero-order chi connectivity index (χ0) is 21.7. The van der Waals surface area contributed by atoms with Gasteiger partial charge in [0, 0.05) is 38.6 Å². The molecule has 0 saturated carbocycles. The summed E-state index contributed by atoms with van der Waals surface area (Å²) in [5, 5.41) is 2.91. The van der Waals surface area contributed by atoms with E-state index in [-0.39, 0.29) is 38.1 Å². The molecular weight excluding hydrogens is 412 g/mol. The van der Waals surface area contributed by atoms with Gasteiger partial charge in [-0.2, -0.15) is 4.31 Å². The number of rotatable bonds is 6. The molecule has 0 unspecified atom stereocenters. The molecule has 1 aliphatic heterocycles. The molecule has 2 aromatic carbocycles. The molecule has 0 spiro atoms. The Balaban J connectivity index is 1.57. The molecule has 0 aromatic heterocycles. The Bertz CT molecular complexity index is 978. The number of piperazine rings is 1. The lowest BCUT2D eigenvalue weighted by Gasteiger charge is -2.34. The first kappa shape index (κ1) is 22.2. The van der Waals surface area contributed by atoms with Crippen LogP contribution in [0.25, 0.3) is 0 Å². The maximum absolute atomic E-state index is 13.9. The van der Waals surface area contributed by atoms with E-state index in [1.54, 1.807) is 0 Å². The molecule has 30 heavy (non-hydrogen) atoms. The van der Waals surface area contributed by atoms with Gasteiger partial charge in [-0.15, -0.1) is 0 Å². The van der Waals surface area contributed by atoms with Gasteiger partial charge >= 0.3 is 6.03 Å². The van der Waals surface area contributed by atoms with Crippen molar-refractivity contribution in [1.29, 1.82) is 0 Å². The molecule has 1 N–H and O–H groups in total. The molecule has 0 bridgehead atoms. The lowest BCUT2D eigenvalue weighted by atomic mass is 9.97. The van der Waals surface area contributed by atoms with Crippen molar-refractivity contribution < 1.29 is 22.0 Å². The van der Waals surface area contributed by atoms with E-state index in [1.165, 1.54) is 4.90 Å². The van der Waals surface area contributed by atoms with Crippen LogP contribution < -0.4 is 5.32 Å². The van der Waals surface area contributed by atoms with Crippen molar-refractivity contribution in [3.8, 4) is 0 Å². The summed E-state index contributed by atoms with van der Waals surface area (Å²) in [7, 11) is -4.17. The normalized spacial score (nSPS) is 16.3. The first-order valence-electron chi connectivity index (χ1n) is 9.86. The minimum absolute atomic E-state index is 0.0155. The van der Waals surface area contributed by atoms with Gasteiger partial charge in [-0.25, -0.2) is 22.0 Å². The number of halogens is 2. The average molecular weight is 438 g/mol. The van der Waals surface area contributed by atoms with Gasteiger partial charge in [0.25, 0.3) is 0 Å². The molecule has 2 aromatic rings. The number of sulfonamides is 1. The Morgan fingerprint density at radius 1 is 1.07 bits per heavy atom. The number of benzene rings is 2. The fourth-order valence-electron chi connectivity index (χ4n) is 3.49. The molecule has 3 rings (SSSR count). The van der Waals surface area contributed by atoms with E-state index in [1.807, 2.05) is 30.3 Å². The van der Waals surface area contributed by atoms with Gasteiger partial charge < -0.3 is 10.2 Å². The Morgan fingerprint density at radius 3 is 2.37 bits per heavy atom. The molecular formula is C21H25F2N3O3S. The summed E-state index contributed by atoms with van der Waals surface area (Å²) in [4.78, 5) is 13.4. The molecule has 2 amide bonds. The smallest absolute Gasteiger partial charge is 0.317 e. The third-order valence-electron chi connectivity index (χ3n) is 5.30. The van der Waals surface area contributed by atoms with Crippen LogP contribution in [-0.2, 0) is 10.0 Å². The summed E-state index contributed by atoms with van der Waals surface area (Å²) in [6, 6.07) is 12.0. The standard InChI is InChI=1S/C21H25F2N3O3S/c1-2-16(17-6-4-3-5-7-17)15-24-21(27)25-10-12-26(13-11-25)30(28,29)20-14-18(22)8-9-19(20)23/h3-9,14,16H,2,10-13,15H2,1H3,(H,24,27)/t16-/m0/s1. The number of hydrogen-bond acceptors (Lipinski definition) is 3. The quantitative estimate of drug-likeness (QED) is 0.755. The number of amides is 2. The lowest BCUT2D eigenvalue weighted by molar-refractivity contribution is 0.171. The average Bonchev–Trinajstić information content (AvgIpc) is 2.76. The van der Waals surface area contributed by atoms with Crippen LogP contribution in [-0.4, -0.2) is 56.4 Å². The predicted molar refractivity (Wildman–Crippen MR) is 110 cm³/mol. The highest BCUT2D eigenvalue weighted by molar-refractivity contribution is 7.89. The number of hydrogen-bond donors (Lipinski definition) is 1. The molecule has 1 aliphatic rings. The Hall–Kier alpha value is -2.52. The minimum Gasteiger partial charge on any atom is -0.337 e. The predicted octanol–water partition coefficient (Wildman–Crippen LogP) is 3.17. The van der Waals surface area contributed by atoms with Crippen LogP contribution in [0.4, 0.5) is 13.6 Å². The molecule has 0 radical (unpaired) electrons. The summed E-state index contributed by atoms with van der Waals surface area (Å²) < 4.78 is 53.7. The van der Waals surface area contributed by atoms with Crippen LogP contribution in [0.5, 0.6) is 0 Å². The topological polar surface area (TPSA) is 69.7 Å². The first-order valence-corrected chi connectivity index (χ1v) is 11.3. The largest absolute Gasteiger partial charge is 0.337 e. The third-order valence-corrected chi connectivity index (χ3v) is 7.21. The Labute approximate surface area is 175 Å². The van der Waals surface area contributed by atoms with Gasteiger partial charge in [0.05, 0.1) is 0 Å². The Kier molecular flexibility index (Phi) is 7.04. The number of nitrogens with zero attached hydrogens (tertiary/aromatic N) is 2. The zero-order valence-corrected chi connectivity index (χ0v) is 17.5. The highest BCUT2D eigenvalue weighted by Gasteiger charge is 2.32. The van der Waals surface area contributed by atoms with E-state index in [2.05, 4.69) is 12.2 Å². The lowest BCUT2D eigenvalue weighted by Crippen LogP contribution is -2.53. The molecule has 0 aliphatic carbocycles. The van der Waals surface area contributed by atoms with Crippen LogP contribution in [0.15, 0.2) is 53.4 Å². The van der Waals surface area contributed by atoms with Gasteiger partial charge in [-0.1, -0.05) is 37.3 Å². The monoisotopic (exact) mass is 437 g/mol. The summed E-state index contributed by atoms with van der Waals surface area (Å²) in [6.07, 6.45) is 0.871.